The molecule has 1 atom stereocenters. The topological polar surface area (TPSA) is 38.8 Å². The zero-order chi connectivity index (χ0) is 23.0. The molecule has 0 aliphatic carbocycles. The van der Waals surface area contributed by atoms with Crippen LogP contribution < -0.4 is 9.47 Å². The number of benzene rings is 2. The minimum absolute atomic E-state index is 0.0876. The van der Waals surface area contributed by atoms with E-state index >= 15 is 0 Å². The Bertz CT molecular complexity index is 964. The number of alkyl halides is 3. The van der Waals surface area contributed by atoms with Crippen LogP contribution in [0.3, 0.4) is 0 Å². The zero-order valence-electron chi connectivity index (χ0n) is 18.5. The maximum atomic E-state index is 13.4. The quantitative estimate of drug-likeness (QED) is 0.625. The molecule has 0 bridgehead atoms. The van der Waals surface area contributed by atoms with Gasteiger partial charge in [0.25, 0.3) is 0 Å². The fourth-order valence-corrected chi connectivity index (χ4v) is 4.01. The summed E-state index contributed by atoms with van der Waals surface area (Å²) in [6.07, 6.45) is -3.59. The van der Waals surface area contributed by atoms with Gasteiger partial charge < -0.3 is 14.4 Å². The summed E-state index contributed by atoms with van der Waals surface area (Å²) >= 11 is 0. The minimum atomic E-state index is -4.47. The molecule has 4 nitrogen and oxygen atoms in total. The van der Waals surface area contributed by atoms with Gasteiger partial charge in [-0.05, 0) is 52.8 Å². The van der Waals surface area contributed by atoms with Gasteiger partial charge in [0.2, 0.25) is 5.91 Å². The molecule has 2 aromatic rings. The summed E-state index contributed by atoms with van der Waals surface area (Å²) in [7, 11) is 3.05. The van der Waals surface area contributed by atoms with Crippen molar-refractivity contribution in [1.29, 1.82) is 0 Å². The molecule has 7 heteroatoms. The summed E-state index contributed by atoms with van der Waals surface area (Å²) in [4.78, 5) is 14.9. The van der Waals surface area contributed by atoms with Crippen LogP contribution in [-0.2, 0) is 17.4 Å². The van der Waals surface area contributed by atoms with Crippen molar-refractivity contribution in [3.63, 3.8) is 0 Å². The van der Waals surface area contributed by atoms with Gasteiger partial charge in [-0.15, -0.1) is 0 Å². The Morgan fingerprint density at radius 1 is 1.06 bits per heavy atom. The number of carbonyl (C=O) groups excluding carboxylic acids is 1. The number of hydrogen-bond acceptors (Lipinski definition) is 3. The van der Waals surface area contributed by atoms with Crippen LogP contribution in [-0.4, -0.2) is 31.6 Å². The highest BCUT2D eigenvalue weighted by Gasteiger charge is 2.36. The van der Waals surface area contributed by atoms with Crippen molar-refractivity contribution >= 4 is 5.91 Å². The third-order valence-electron chi connectivity index (χ3n) is 5.41. The number of fused-ring (bicyclic) bond motifs is 1. The lowest BCUT2D eigenvalue weighted by atomic mass is 9.85. The Hall–Kier alpha value is -2.70. The summed E-state index contributed by atoms with van der Waals surface area (Å²) in [6.45, 7) is 6.32. The van der Waals surface area contributed by atoms with Crippen molar-refractivity contribution in [2.24, 2.45) is 5.41 Å². The molecule has 1 heterocycles. The van der Waals surface area contributed by atoms with Crippen LogP contribution in [0.25, 0.3) is 0 Å². The fourth-order valence-electron chi connectivity index (χ4n) is 4.01. The van der Waals surface area contributed by atoms with Gasteiger partial charge in [0.1, 0.15) is 0 Å². The van der Waals surface area contributed by atoms with E-state index in [-0.39, 0.29) is 11.3 Å². The fraction of sp³-hybridized carbons (Fsp3) is 0.458. The molecule has 31 heavy (non-hydrogen) atoms. The first-order valence-electron chi connectivity index (χ1n) is 10.2. The summed E-state index contributed by atoms with van der Waals surface area (Å²) in [6, 6.07) is 8.19. The van der Waals surface area contributed by atoms with Crippen LogP contribution in [0.5, 0.6) is 11.5 Å². The average molecular weight is 435 g/mol. The number of amides is 1. The normalized spacial score (nSPS) is 16.6. The zero-order valence-corrected chi connectivity index (χ0v) is 18.5. The number of methoxy groups -OCH3 is 2. The van der Waals surface area contributed by atoms with Gasteiger partial charge in [-0.2, -0.15) is 13.2 Å². The summed E-state index contributed by atoms with van der Waals surface area (Å²) < 4.78 is 51.1. The van der Waals surface area contributed by atoms with Crippen LogP contribution in [0.1, 0.15) is 55.5 Å². The number of carbonyl (C=O) groups is 1. The van der Waals surface area contributed by atoms with E-state index in [1.807, 2.05) is 26.8 Å². The average Bonchev–Trinajstić information content (AvgIpc) is 2.69. The van der Waals surface area contributed by atoms with E-state index in [0.29, 0.717) is 36.4 Å². The van der Waals surface area contributed by atoms with E-state index in [2.05, 4.69) is 0 Å². The second kappa shape index (κ2) is 8.44. The molecular formula is C24H28F3NO3. The van der Waals surface area contributed by atoms with E-state index in [0.717, 1.165) is 23.3 Å². The SMILES string of the molecule is COc1cc2c(cc1OC)C(c1cccc(C(F)(F)F)c1)N(C(=O)CC(C)(C)C)CC2. The summed E-state index contributed by atoms with van der Waals surface area (Å²) in [5.41, 5.74) is 1.13. The molecule has 0 fully saturated rings. The van der Waals surface area contributed by atoms with Crippen molar-refractivity contribution in [2.75, 3.05) is 20.8 Å². The van der Waals surface area contributed by atoms with E-state index in [4.69, 9.17) is 9.47 Å². The molecule has 1 unspecified atom stereocenters. The van der Waals surface area contributed by atoms with E-state index in [1.165, 1.54) is 20.3 Å². The maximum absolute atomic E-state index is 13.4. The predicted octanol–water partition coefficient (Wildman–Crippen LogP) is 5.63. The van der Waals surface area contributed by atoms with Gasteiger partial charge in [0.15, 0.2) is 11.5 Å². The Labute approximate surface area is 181 Å². The van der Waals surface area contributed by atoms with Crippen molar-refractivity contribution in [2.45, 2.75) is 45.8 Å². The molecule has 168 valence electrons. The van der Waals surface area contributed by atoms with Gasteiger partial charge in [0.05, 0.1) is 25.8 Å². The van der Waals surface area contributed by atoms with E-state index in [1.54, 1.807) is 17.0 Å². The Kier molecular flexibility index (Phi) is 6.25. The van der Waals surface area contributed by atoms with Gasteiger partial charge in [0, 0.05) is 13.0 Å². The smallest absolute Gasteiger partial charge is 0.416 e. The third kappa shape index (κ3) is 4.97. The second-order valence-corrected chi connectivity index (χ2v) is 9.01. The molecule has 1 aliphatic rings. The van der Waals surface area contributed by atoms with Gasteiger partial charge in [-0.3, -0.25) is 4.79 Å². The number of nitrogens with zero attached hydrogens (tertiary/aromatic N) is 1. The monoisotopic (exact) mass is 435 g/mol. The third-order valence-corrected chi connectivity index (χ3v) is 5.41. The molecule has 0 spiro atoms. The van der Waals surface area contributed by atoms with Crippen LogP contribution in [0.15, 0.2) is 36.4 Å². The highest BCUT2D eigenvalue weighted by molar-refractivity contribution is 5.78. The Balaban J connectivity index is 2.17. The maximum Gasteiger partial charge on any atom is 0.416 e. The number of halogens is 3. The number of rotatable bonds is 4. The predicted molar refractivity (Wildman–Crippen MR) is 112 cm³/mol. The molecule has 0 saturated carbocycles. The molecule has 0 aromatic heterocycles. The Morgan fingerprint density at radius 3 is 2.29 bits per heavy atom. The molecule has 0 saturated heterocycles. The Morgan fingerprint density at radius 2 is 1.71 bits per heavy atom. The minimum Gasteiger partial charge on any atom is -0.493 e. The largest absolute Gasteiger partial charge is 0.493 e. The van der Waals surface area contributed by atoms with Crippen LogP contribution >= 0.6 is 0 Å². The number of hydrogen-bond donors (Lipinski definition) is 0. The highest BCUT2D eigenvalue weighted by atomic mass is 19.4. The van der Waals surface area contributed by atoms with Gasteiger partial charge in [-0.1, -0.05) is 32.9 Å². The standard InChI is InChI=1S/C24H28F3NO3/c1-23(2,3)14-21(29)28-10-9-15-12-19(30-4)20(31-5)13-18(15)22(28)16-7-6-8-17(11-16)24(25,26)27/h6-8,11-13,22H,9-10,14H2,1-5H3. The molecule has 3 rings (SSSR count). The molecule has 1 aliphatic heterocycles. The summed E-state index contributed by atoms with van der Waals surface area (Å²) in [5.74, 6) is 0.942. The lowest BCUT2D eigenvalue weighted by molar-refractivity contribution is -0.137. The molecule has 0 radical (unpaired) electrons. The first-order chi connectivity index (χ1) is 14.4. The van der Waals surface area contributed by atoms with Crippen molar-refractivity contribution in [1.82, 2.24) is 4.90 Å². The van der Waals surface area contributed by atoms with Gasteiger partial charge >= 0.3 is 6.18 Å². The lowest BCUT2D eigenvalue weighted by Crippen LogP contribution is -2.42. The van der Waals surface area contributed by atoms with Crippen LogP contribution in [0.2, 0.25) is 0 Å². The second-order valence-electron chi connectivity index (χ2n) is 9.01. The van der Waals surface area contributed by atoms with Crippen LogP contribution in [0, 0.1) is 5.41 Å². The molecule has 1 amide bonds. The van der Waals surface area contributed by atoms with Gasteiger partial charge in [-0.25, -0.2) is 0 Å². The van der Waals surface area contributed by atoms with Crippen molar-refractivity contribution in [3.05, 3.63) is 58.7 Å². The number of ether oxygens (including phenoxy) is 2. The highest BCUT2D eigenvalue weighted by Crippen LogP contribution is 2.43. The first kappa shape index (κ1) is 23.0. The summed E-state index contributed by atoms with van der Waals surface area (Å²) in [5, 5.41) is 0. The van der Waals surface area contributed by atoms with Crippen LogP contribution in [0.4, 0.5) is 13.2 Å². The van der Waals surface area contributed by atoms with Crippen molar-refractivity contribution < 1.29 is 27.4 Å². The lowest BCUT2D eigenvalue weighted by Gasteiger charge is -2.39. The van der Waals surface area contributed by atoms with E-state index < -0.39 is 17.8 Å². The molecule has 2 aromatic carbocycles. The first-order valence-corrected chi connectivity index (χ1v) is 10.2. The molecular weight excluding hydrogens is 407 g/mol. The molecule has 0 N–H and O–H groups in total. The van der Waals surface area contributed by atoms with Crippen molar-refractivity contribution in [3.8, 4) is 11.5 Å². The van der Waals surface area contributed by atoms with E-state index in [9.17, 15) is 18.0 Å².